The number of aliphatic imine (C=N–C) groups is 1. The van der Waals surface area contributed by atoms with Gasteiger partial charge in [0, 0.05) is 6.07 Å². The molecule has 0 bridgehead atoms. The van der Waals surface area contributed by atoms with E-state index < -0.39 is 5.82 Å². The summed E-state index contributed by atoms with van der Waals surface area (Å²) < 4.78 is 12.7. The van der Waals surface area contributed by atoms with Gasteiger partial charge in [-0.25, -0.2) is 9.38 Å². The molecule has 13 heavy (non-hydrogen) atoms. The number of benzene rings is 1. The van der Waals surface area contributed by atoms with Crippen LogP contribution in [0.15, 0.2) is 23.2 Å². The Balaban J connectivity index is 3.07. The quantitative estimate of drug-likeness (QED) is 0.465. The predicted molar refractivity (Wildman–Crippen MR) is 53.4 cm³/mol. The molecule has 70 valence electrons. The van der Waals surface area contributed by atoms with Crippen molar-refractivity contribution < 1.29 is 4.39 Å². The highest BCUT2D eigenvalue weighted by molar-refractivity contribution is 6.33. The molecule has 1 aromatic rings. The topological polar surface area (TPSA) is 38.4 Å². The van der Waals surface area contributed by atoms with Gasteiger partial charge in [0.15, 0.2) is 0 Å². The van der Waals surface area contributed by atoms with Gasteiger partial charge in [-0.1, -0.05) is 11.6 Å². The van der Waals surface area contributed by atoms with Crippen molar-refractivity contribution in [1.82, 2.24) is 0 Å². The van der Waals surface area contributed by atoms with E-state index in [1.807, 2.05) is 0 Å². The fraction of sp³-hybridized carbons (Fsp3) is 0.125. The number of hydrogen-bond acceptors (Lipinski definition) is 1. The Labute approximate surface area is 85.2 Å². The Morgan fingerprint density at radius 3 is 2.85 bits per heavy atom. The van der Waals surface area contributed by atoms with Crippen molar-refractivity contribution in [2.24, 2.45) is 10.7 Å². The highest BCUT2D eigenvalue weighted by atomic mass is 35.5. The molecule has 5 heteroatoms. The minimum atomic E-state index is -0.412. The van der Waals surface area contributed by atoms with Gasteiger partial charge in [-0.2, -0.15) is 0 Å². The average Bonchev–Trinajstić information content (AvgIpc) is 2.11. The highest BCUT2D eigenvalue weighted by Gasteiger charge is 2.00. The van der Waals surface area contributed by atoms with Crippen LogP contribution >= 0.6 is 23.2 Å². The van der Waals surface area contributed by atoms with Crippen molar-refractivity contribution in [1.29, 1.82) is 0 Å². The lowest BCUT2D eigenvalue weighted by Crippen LogP contribution is -2.12. The van der Waals surface area contributed by atoms with Gasteiger partial charge in [0.2, 0.25) is 0 Å². The molecule has 2 N–H and O–H groups in total. The van der Waals surface area contributed by atoms with E-state index in [9.17, 15) is 4.39 Å². The summed E-state index contributed by atoms with van der Waals surface area (Å²) in [6.45, 7) is 0. The second kappa shape index (κ2) is 4.44. The predicted octanol–water partition coefficient (Wildman–Crippen LogP) is 2.71. The maximum absolute atomic E-state index is 12.7. The number of nitrogens with zero attached hydrogens (tertiary/aromatic N) is 1. The van der Waals surface area contributed by atoms with Gasteiger partial charge in [-0.05, 0) is 12.1 Å². The first kappa shape index (κ1) is 10.3. The van der Waals surface area contributed by atoms with Crippen LogP contribution < -0.4 is 5.73 Å². The van der Waals surface area contributed by atoms with Crippen LogP contribution in [0.2, 0.25) is 5.02 Å². The third kappa shape index (κ3) is 2.86. The molecule has 1 aromatic carbocycles. The molecule has 0 atom stereocenters. The summed E-state index contributed by atoms with van der Waals surface area (Å²) in [5, 5.41) is 0.342. The number of rotatable bonds is 2. The van der Waals surface area contributed by atoms with Crippen LogP contribution in [0.5, 0.6) is 0 Å². The maximum atomic E-state index is 12.7. The molecule has 0 heterocycles. The van der Waals surface area contributed by atoms with E-state index in [0.29, 0.717) is 10.7 Å². The first-order valence-corrected chi connectivity index (χ1v) is 4.39. The van der Waals surface area contributed by atoms with Gasteiger partial charge < -0.3 is 5.73 Å². The lowest BCUT2D eigenvalue weighted by atomic mass is 10.3. The van der Waals surface area contributed by atoms with Crippen LogP contribution in [0.3, 0.4) is 0 Å². The monoisotopic (exact) mass is 220 g/mol. The SMILES string of the molecule is NC(CCl)=Nc1cc(F)ccc1Cl. The third-order valence-corrected chi connectivity index (χ3v) is 1.90. The number of nitrogens with two attached hydrogens (primary N) is 1. The minimum absolute atomic E-state index is 0.0901. The number of amidine groups is 1. The standard InChI is InChI=1S/C8H7Cl2FN2/c9-4-8(12)13-7-3-5(11)1-2-6(7)10/h1-3H,4H2,(H2,12,13). The molecule has 0 aliphatic rings. The van der Waals surface area contributed by atoms with Gasteiger partial charge in [0.25, 0.3) is 0 Å². The van der Waals surface area contributed by atoms with Crippen molar-refractivity contribution in [2.45, 2.75) is 0 Å². The van der Waals surface area contributed by atoms with Crippen molar-refractivity contribution in [3.05, 3.63) is 29.0 Å². The summed E-state index contributed by atoms with van der Waals surface area (Å²) in [6.07, 6.45) is 0. The Kier molecular flexibility index (Phi) is 3.51. The smallest absolute Gasteiger partial charge is 0.125 e. The lowest BCUT2D eigenvalue weighted by Gasteiger charge is -1.99. The number of alkyl halides is 1. The van der Waals surface area contributed by atoms with E-state index in [1.165, 1.54) is 18.2 Å². The molecule has 0 spiro atoms. The van der Waals surface area contributed by atoms with E-state index in [-0.39, 0.29) is 11.7 Å². The van der Waals surface area contributed by atoms with E-state index >= 15 is 0 Å². The molecule has 0 saturated heterocycles. The molecular weight excluding hydrogens is 214 g/mol. The van der Waals surface area contributed by atoms with Crippen molar-refractivity contribution in [3.63, 3.8) is 0 Å². The van der Waals surface area contributed by atoms with Crippen molar-refractivity contribution >= 4 is 34.7 Å². The van der Waals surface area contributed by atoms with Gasteiger partial charge in [0.05, 0.1) is 16.6 Å². The summed E-state index contributed by atoms with van der Waals surface area (Å²) in [6, 6.07) is 3.86. The lowest BCUT2D eigenvalue weighted by molar-refractivity contribution is 0.628. The van der Waals surface area contributed by atoms with Gasteiger partial charge in [0.1, 0.15) is 11.7 Å². The first-order valence-electron chi connectivity index (χ1n) is 3.47. The number of halogens is 3. The van der Waals surface area contributed by atoms with Crippen LogP contribution in [0.25, 0.3) is 0 Å². The molecule has 0 aromatic heterocycles. The molecule has 0 aliphatic carbocycles. The summed E-state index contributed by atoms with van der Waals surface area (Å²) >= 11 is 11.1. The Morgan fingerprint density at radius 1 is 1.54 bits per heavy atom. The summed E-state index contributed by atoms with van der Waals surface area (Å²) in [5.41, 5.74) is 5.65. The normalized spacial score (nSPS) is 11.8. The second-order valence-corrected chi connectivity index (χ2v) is 3.01. The van der Waals surface area contributed by atoms with Crippen LogP contribution in [0, 0.1) is 5.82 Å². The Morgan fingerprint density at radius 2 is 2.23 bits per heavy atom. The fourth-order valence-corrected chi connectivity index (χ4v) is 0.976. The first-order chi connectivity index (χ1) is 6.13. The molecule has 0 saturated carbocycles. The van der Waals surface area contributed by atoms with E-state index in [2.05, 4.69) is 4.99 Å². The summed E-state index contributed by atoms with van der Waals surface area (Å²) in [4.78, 5) is 3.83. The summed E-state index contributed by atoms with van der Waals surface area (Å²) in [5.74, 6) is -0.118. The molecule has 2 nitrogen and oxygen atoms in total. The van der Waals surface area contributed by atoms with Crippen LogP contribution in [0.4, 0.5) is 10.1 Å². The average molecular weight is 221 g/mol. The minimum Gasteiger partial charge on any atom is -0.386 e. The molecule has 0 unspecified atom stereocenters. The zero-order chi connectivity index (χ0) is 9.84. The van der Waals surface area contributed by atoms with Crippen LogP contribution in [0.1, 0.15) is 0 Å². The Hall–Kier alpha value is -0.800. The summed E-state index contributed by atoms with van der Waals surface area (Å²) in [7, 11) is 0. The van der Waals surface area contributed by atoms with Gasteiger partial charge in [-0.15, -0.1) is 11.6 Å². The molecule has 1 rings (SSSR count). The van der Waals surface area contributed by atoms with E-state index in [0.717, 1.165) is 0 Å². The zero-order valence-electron chi connectivity index (χ0n) is 6.60. The molecule has 0 radical (unpaired) electrons. The van der Waals surface area contributed by atoms with Crippen LogP contribution in [-0.2, 0) is 0 Å². The highest BCUT2D eigenvalue weighted by Crippen LogP contribution is 2.25. The maximum Gasteiger partial charge on any atom is 0.125 e. The zero-order valence-corrected chi connectivity index (χ0v) is 8.11. The fourth-order valence-electron chi connectivity index (χ4n) is 0.756. The van der Waals surface area contributed by atoms with E-state index in [1.54, 1.807) is 0 Å². The van der Waals surface area contributed by atoms with Crippen molar-refractivity contribution in [3.8, 4) is 0 Å². The Bertz CT molecular complexity index is 339. The largest absolute Gasteiger partial charge is 0.386 e. The van der Waals surface area contributed by atoms with Gasteiger partial charge >= 0.3 is 0 Å². The van der Waals surface area contributed by atoms with E-state index in [4.69, 9.17) is 28.9 Å². The van der Waals surface area contributed by atoms with Crippen molar-refractivity contribution in [2.75, 3.05) is 5.88 Å². The molecule has 0 amide bonds. The molecule has 0 aliphatic heterocycles. The van der Waals surface area contributed by atoms with Gasteiger partial charge in [-0.3, -0.25) is 0 Å². The molecular formula is C8H7Cl2FN2. The second-order valence-electron chi connectivity index (χ2n) is 2.33. The van der Waals surface area contributed by atoms with Crippen LogP contribution in [-0.4, -0.2) is 11.7 Å². The molecule has 0 fully saturated rings. The third-order valence-electron chi connectivity index (χ3n) is 1.31. The number of hydrogen-bond donors (Lipinski definition) is 1.